The van der Waals surface area contributed by atoms with Gasteiger partial charge in [0.25, 0.3) is 0 Å². The Morgan fingerprint density at radius 1 is 1.33 bits per heavy atom. The first-order chi connectivity index (χ1) is 8.88. The van der Waals surface area contributed by atoms with Crippen molar-refractivity contribution in [1.29, 1.82) is 0 Å². The Hall–Kier alpha value is -1.13. The summed E-state index contributed by atoms with van der Waals surface area (Å²) in [5.41, 5.74) is 1.21. The van der Waals surface area contributed by atoms with Crippen molar-refractivity contribution in [1.82, 2.24) is 15.2 Å². The molecule has 1 aliphatic heterocycles. The number of likely N-dealkylation sites (tertiary alicyclic amines) is 1. The van der Waals surface area contributed by atoms with Gasteiger partial charge in [0.05, 0.1) is 0 Å². The number of nitrogens with one attached hydrogen (secondary N) is 1. The number of rotatable bonds is 6. The van der Waals surface area contributed by atoms with E-state index in [-0.39, 0.29) is 0 Å². The van der Waals surface area contributed by atoms with E-state index in [1.165, 1.54) is 37.9 Å². The van der Waals surface area contributed by atoms with Gasteiger partial charge in [0, 0.05) is 25.4 Å². The molecule has 0 aromatic carbocycles. The van der Waals surface area contributed by atoms with Crippen LogP contribution in [0.2, 0.25) is 0 Å². The first kappa shape index (κ1) is 13.3. The van der Waals surface area contributed by atoms with Gasteiger partial charge in [-0.3, -0.25) is 4.90 Å². The highest BCUT2D eigenvalue weighted by Crippen LogP contribution is 2.11. The van der Waals surface area contributed by atoms with Gasteiger partial charge in [-0.1, -0.05) is 6.42 Å². The smallest absolute Gasteiger partial charge is 0.213 e. The monoisotopic (exact) mass is 249 g/mol. The van der Waals surface area contributed by atoms with E-state index in [4.69, 9.17) is 4.74 Å². The molecule has 2 rings (SSSR count). The maximum absolute atomic E-state index is 5.72. The zero-order valence-electron chi connectivity index (χ0n) is 11.2. The van der Waals surface area contributed by atoms with Crippen LogP contribution < -0.4 is 10.1 Å². The third-order valence-corrected chi connectivity index (χ3v) is 3.29. The van der Waals surface area contributed by atoms with Crippen molar-refractivity contribution < 1.29 is 4.74 Å². The van der Waals surface area contributed by atoms with Crippen LogP contribution in [0.5, 0.6) is 5.88 Å². The number of aromatic nitrogens is 1. The molecule has 4 heteroatoms. The third-order valence-electron chi connectivity index (χ3n) is 3.29. The zero-order chi connectivity index (χ0) is 12.6. The fourth-order valence-electron chi connectivity index (χ4n) is 2.31. The van der Waals surface area contributed by atoms with E-state index >= 15 is 0 Å². The molecule has 1 saturated heterocycles. The standard InChI is InChI=1S/C14H23N3O/c1-15-12-13-5-6-16-14(11-13)18-10-9-17-7-3-2-4-8-17/h5-6,11,15H,2-4,7-10,12H2,1H3. The average molecular weight is 249 g/mol. The Morgan fingerprint density at radius 3 is 2.94 bits per heavy atom. The summed E-state index contributed by atoms with van der Waals surface area (Å²) in [6.07, 6.45) is 5.85. The molecule has 1 aromatic rings. The molecule has 0 unspecified atom stereocenters. The number of pyridine rings is 1. The molecule has 4 nitrogen and oxygen atoms in total. The largest absolute Gasteiger partial charge is 0.476 e. The fourth-order valence-corrected chi connectivity index (χ4v) is 2.31. The van der Waals surface area contributed by atoms with Gasteiger partial charge in [-0.15, -0.1) is 0 Å². The van der Waals surface area contributed by atoms with Crippen LogP contribution in [-0.2, 0) is 6.54 Å². The van der Waals surface area contributed by atoms with Crippen LogP contribution in [0.1, 0.15) is 24.8 Å². The summed E-state index contributed by atoms with van der Waals surface area (Å²) >= 11 is 0. The molecule has 100 valence electrons. The van der Waals surface area contributed by atoms with Crippen LogP contribution in [0.15, 0.2) is 18.3 Å². The van der Waals surface area contributed by atoms with Crippen molar-refractivity contribution in [2.24, 2.45) is 0 Å². The lowest BCUT2D eigenvalue weighted by molar-refractivity contribution is 0.180. The predicted molar refractivity (Wildman–Crippen MR) is 72.8 cm³/mol. The first-order valence-corrected chi connectivity index (χ1v) is 6.83. The van der Waals surface area contributed by atoms with Crippen molar-refractivity contribution in [3.63, 3.8) is 0 Å². The van der Waals surface area contributed by atoms with Gasteiger partial charge >= 0.3 is 0 Å². The van der Waals surface area contributed by atoms with Crippen molar-refractivity contribution in [3.05, 3.63) is 23.9 Å². The molecule has 0 spiro atoms. The highest BCUT2D eigenvalue weighted by atomic mass is 16.5. The van der Waals surface area contributed by atoms with Crippen LogP contribution in [0.4, 0.5) is 0 Å². The topological polar surface area (TPSA) is 37.4 Å². The molecule has 1 aromatic heterocycles. The van der Waals surface area contributed by atoms with E-state index in [9.17, 15) is 0 Å². The van der Waals surface area contributed by atoms with Crippen molar-refractivity contribution >= 4 is 0 Å². The van der Waals surface area contributed by atoms with E-state index in [1.54, 1.807) is 0 Å². The Morgan fingerprint density at radius 2 is 2.17 bits per heavy atom. The number of hydrogen-bond donors (Lipinski definition) is 1. The van der Waals surface area contributed by atoms with Crippen LogP contribution in [0.25, 0.3) is 0 Å². The summed E-state index contributed by atoms with van der Waals surface area (Å²) in [4.78, 5) is 6.71. The first-order valence-electron chi connectivity index (χ1n) is 6.83. The second-order valence-corrected chi connectivity index (χ2v) is 4.78. The van der Waals surface area contributed by atoms with Crippen molar-refractivity contribution in [2.75, 3.05) is 33.3 Å². The number of ether oxygens (including phenoxy) is 1. The highest BCUT2D eigenvalue weighted by molar-refractivity contribution is 5.20. The van der Waals surface area contributed by atoms with Gasteiger partial charge in [0.2, 0.25) is 5.88 Å². The summed E-state index contributed by atoms with van der Waals surface area (Å²) in [7, 11) is 1.94. The van der Waals surface area contributed by atoms with E-state index in [0.29, 0.717) is 0 Å². The quantitative estimate of drug-likeness (QED) is 0.832. The molecule has 1 fully saturated rings. The van der Waals surface area contributed by atoms with Crippen molar-refractivity contribution in [3.8, 4) is 5.88 Å². The Bertz CT molecular complexity index is 351. The Kier molecular flexibility index (Phi) is 5.42. The second-order valence-electron chi connectivity index (χ2n) is 4.78. The third kappa shape index (κ3) is 4.27. The van der Waals surface area contributed by atoms with E-state index < -0.39 is 0 Å². The lowest BCUT2D eigenvalue weighted by Gasteiger charge is -2.26. The normalized spacial score (nSPS) is 16.7. The molecule has 0 atom stereocenters. The fraction of sp³-hybridized carbons (Fsp3) is 0.643. The Balaban J connectivity index is 1.73. The summed E-state index contributed by atoms with van der Waals surface area (Å²) in [6.45, 7) is 5.03. The van der Waals surface area contributed by atoms with Gasteiger partial charge < -0.3 is 10.1 Å². The van der Waals surface area contributed by atoms with Gasteiger partial charge in [-0.2, -0.15) is 0 Å². The SMILES string of the molecule is CNCc1ccnc(OCCN2CCCCC2)c1. The molecule has 18 heavy (non-hydrogen) atoms. The summed E-state index contributed by atoms with van der Waals surface area (Å²) in [5.74, 6) is 0.736. The molecular formula is C14H23N3O. The molecule has 2 heterocycles. The molecule has 0 saturated carbocycles. The summed E-state index contributed by atoms with van der Waals surface area (Å²) < 4.78 is 5.72. The van der Waals surface area contributed by atoms with Gasteiger partial charge in [-0.05, 0) is 44.6 Å². The van der Waals surface area contributed by atoms with Gasteiger partial charge in [0.1, 0.15) is 6.61 Å². The van der Waals surface area contributed by atoms with Crippen LogP contribution in [0, 0.1) is 0 Å². The van der Waals surface area contributed by atoms with E-state index in [2.05, 4.69) is 15.2 Å². The number of nitrogens with zero attached hydrogens (tertiary/aromatic N) is 2. The highest BCUT2D eigenvalue weighted by Gasteiger charge is 2.09. The van der Waals surface area contributed by atoms with Gasteiger partial charge in [-0.25, -0.2) is 4.98 Å². The zero-order valence-corrected chi connectivity index (χ0v) is 11.2. The molecule has 1 aliphatic rings. The van der Waals surface area contributed by atoms with Crippen LogP contribution in [-0.4, -0.2) is 43.2 Å². The minimum absolute atomic E-state index is 0.732. The minimum Gasteiger partial charge on any atom is -0.476 e. The lowest BCUT2D eigenvalue weighted by Crippen LogP contribution is -2.33. The number of piperidine rings is 1. The summed E-state index contributed by atoms with van der Waals surface area (Å²) in [6, 6.07) is 4.01. The molecule has 0 bridgehead atoms. The molecule has 0 aliphatic carbocycles. The number of hydrogen-bond acceptors (Lipinski definition) is 4. The van der Waals surface area contributed by atoms with E-state index in [1.807, 2.05) is 25.4 Å². The molecule has 1 N–H and O–H groups in total. The summed E-state index contributed by atoms with van der Waals surface area (Å²) in [5, 5.41) is 3.13. The minimum atomic E-state index is 0.732. The average Bonchev–Trinajstić information content (AvgIpc) is 2.41. The maximum Gasteiger partial charge on any atom is 0.213 e. The Labute approximate surface area is 109 Å². The predicted octanol–water partition coefficient (Wildman–Crippen LogP) is 1.67. The maximum atomic E-state index is 5.72. The van der Waals surface area contributed by atoms with Crippen LogP contribution >= 0.6 is 0 Å². The molecular weight excluding hydrogens is 226 g/mol. The van der Waals surface area contributed by atoms with E-state index in [0.717, 1.165) is 25.6 Å². The second kappa shape index (κ2) is 7.34. The van der Waals surface area contributed by atoms with Gasteiger partial charge in [0.15, 0.2) is 0 Å². The molecule has 0 radical (unpaired) electrons. The van der Waals surface area contributed by atoms with Crippen LogP contribution in [0.3, 0.4) is 0 Å². The van der Waals surface area contributed by atoms with Crippen molar-refractivity contribution in [2.45, 2.75) is 25.8 Å². The molecule has 0 amide bonds. The lowest BCUT2D eigenvalue weighted by atomic mass is 10.1.